The van der Waals surface area contributed by atoms with Crippen molar-refractivity contribution in [3.8, 4) is 0 Å². The molecule has 0 fully saturated rings. The number of carbonyl (C=O) groups is 1. The third-order valence-electron chi connectivity index (χ3n) is 3.29. The van der Waals surface area contributed by atoms with E-state index in [0.717, 1.165) is 16.5 Å². The molecule has 2 aromatic carbocycles. The number of fused-ring (bicyclic) bond motifs is 1. The minimum Gasteiger partial charge on any atom is -0.397 e. The van der Waals surface area contributed by atoms with Gasteiger partial charge in [0.25, 0.3) is 5.91 Å². The molecule has 21 heavy (non-hydrogen) atoms. The van der Waals surface area contributed by atoms with E-state index in [1.165, 1.54) is 0 Å². The zero-order valence-electron chi connectivity index (χ0n) is 11.6. The second-order valence-corrected chi connectivity index (χ2v) is 4.93. The Morgan fingerprint density at radius 1 is 1.10 bits per heavy atom. The normalized spacial score (nSPS) is 10.5. The van der Waals surface area contributed by atoms with Crippen molar-refractivity contribution in [3.05, 3.63) is 65.9 Å². The number of amides is 1. The fraction of sp³-hybridized carbons (Fsp3) is 0.0588. The van der Waals surface area contributed by atoms with Crippen LogP contribution >= 0.6 is 0 Å². The molecule has 1 aromatic heterocycles. The summed E-state index contributed by atoms with van der Waals surface area (Å²) in [6, 6.07) is 16.8. The van der Waals surface area contributed by atoms with Gasteiger partial charge in [-0.3, -0.25) is 4.79 Å². The zero-order valence-corrected chi connectivity index (χ0v) is 11.6. The Balaban J connectivity index is 1.91. The van der Waals surface area contributed by atoms with Crippen LogP contribution in [0.1, 0.15) is 16.1 Å². The van der Waals surface area contributed by atoms with Crippen LogP contribution in [0.3, 0.4) is 0 Å². The van der Waals surface area contributed by atoms with E-state index in [0.29, 0.717) is 17.1 Å². The summed E-state index contributed by atoms with van der Waals surface area (Å²) < 4.78 is 0. The highest BCUT2D eigenvalue weighted by Gasteiger charge is 2.10. The number of nitrogen functional groups attached to an aromatic ring is 1. The molecule has 4 nitrogen and oxygen atoms in total. The SMILES string of the molecule is Cc1ccc(N)c(NC(=O)c2ccc3ccccc3n2)c1. The lowest BCUT2D eigenvalue weighted by Gasteiger charge is -2.09. The summed E-state index contributed by atoms with van der Waals surface area (Å²) >= 11 is 0. The molecule has 3 rings (SSSR count). The van der Waals surface area contributed by atoms with Crippen molar-refractivity contribution in [2.45, 2.75) is 6.92 Å². The van der Waals surface area contributed by atoms with Gasteiger partial charge in [0.15, 0.2) is 0 Å². The molecule has 0 saturated carbocycles. The number of anilines is 2. The maximum Gasteiger partial charge on any atom is 0.274 e. The van der Waals surface area contributed by atoms with Gasteiger partial charge in [-0.25, -0.2) is 4.98 Å². The zero-order chi connectivity index (χ0) is 14.8. The standard InChI is InChI=1S/C17H15N3O/c1-11-6-8-13(18)16(10-11)20-17(21)15-9-7-12-4-2-3-5-14(12)19-15/h2-10H,18H2,1H3,(H,20,21). The molecule has 0 saturated heterocycles. The molecule has 1 amide bonds. The first-order chi connectivity index (χ1) is 10.1. The summed E-state index contributed by atoms with van der Waals surface area (Å²) in [5.41, 5.74) is 9.21. The molecule has 1 heterocycles. The van der Waals surface area contributed by atoms with Crippen molar-refractivity contribution in [2.24, 2.45) is 0 Å². The van der Waals surface area contributed by atoms with Crippen LogP contribution in [0.5, 0.6) is 0 Å². The molecule has 0 radical (unpaired) electrons. The lowest BCUT2D eigenvalue weighted by molar-refractivity contribution is 0.102. The van der Waals surface area contributed by atoms with Crippen molar-refractivity contribution < 1.29 is 4.79 Å². The van der Waals surface area contributed by atoms with Crippen molar-refractivity contribution >= 4 is 28.2 Å². The first-order valence-electron chi connectivity index (χ1n) is 6.67. The smallest absolute Gasteiger partial charge is 0.274 e. The summed E-state index contributed by atoms with van der Waals surface area (Å²) in [6.07, 6.45) is 0. The number of hydrogen-bond donors (Lipinski definition) is 2. The summed E-state index contributed by atoms with van der Waals surface area (Å²) in [5, 5.41) is 3.81. The summed E-state index contributed by atoms with van der Waals surface area (Å²) in [7, 11) is 0. The van der Waals surface area contributed by atoms with Crippen LogP contribution in [-0.4, -0.2) is 10.9 Å². The number of hydrogen-bond acceptors (Lipinski definition) is 3. The Labute approximate surface area is 122 Å². The number of benzene rings is 2. The van der Waals surface area contributed by atoms with Crippen LogP contribution in [0.4, 0.5) is 11.4 Å². The van der Waals surface area contributed by atoms with Gasteiger partial charge >= 0.3 is 0 Å². The molecule has 0 aliphatic rings. The van der Waals surface area contributed by atoms with E-state index in [9.17, 15) is 4.79 Å². The Morgan fingerprint density at radius 2 is 1.90 bits per heavy atom. The molecule has 4 heteroatoms. The number of aryl methyl sites for hydroxylation is 1. The molecule has 3 aromatic rings. The van der Waals surface area contributed by atoms with Gasteiger partial charge in [-0.1, -0.05) is 30.3 Å². The summed E-state index contributed by atoms with van der Waals surface area (Å²) in [6.45, 7) is 1.95. The minimum absolute atomic E-state index is 0.266. The van der Waals surface area contributed by atoms with Gasteiger partial charge in [-0.15, -0.1) is 0 Å². The monoisotopic (exact) mass is 277 g/mol. The van der Waals surface area contributed by atoms with E-state index in [2.05, 4.69) is 10.3 Å². The number of nitrogens with two attached hydrogens (primary N) is 1. The Hall–Kier alpha value is -2.88. The number of aromatic nitrogens is 1. The van der Waals surface area contributed by atoms with E-state index < -0.39 is 0 Å². The average Bonchev–Trinajstić information content (AvgIpc) is 2.50. The fourth-order valence-electron chi connectivity index (χ4n) is 2.16. The first-order valence-corrected chi connectivity index (χ1v) is 6.67. The highest BCUT2D eigenvalue weighted by molar-refractivity contribution is 6.05. The van der Waals surface area contributed by atoms with E-state index in [4.69, 9.17) is 5.73 Å². The molecule has 0 spiro atoms. The van der Waals surface area contributed by atoms with Crippen LogP contribution in [0.2, 0.25) is 0 Å². The molecule has 0 bridgehead atoms. The van der Waals surface area contributed by atoms with Crippen LogP contribution in [0.25, 0.3) is 10.9 Å². The molecular formula is C17H15N3O. The predicted octanol–water partition coefficient (Wildman–Crippen LogP) is 3.38. The number of nitrogens with one attached hydrogen (secondary N) is 1. The van der Waals surface area contributed by atoms with Gasteiger partial charge in [-0.2, -0.15) is 0 Å². The third-order valence-corrected chi connectivity index (χ3v) is 3.29. The highest BCUT2D eigenvalue weighted by atomic mass is 16.1. The average molecular weight is 277 g/mol. The maximum absolute atomic E-state index is 12.3. The number of para-hydroxylation sites is 1. The van der Waals surface area contributed by atoms with E-state index >= 15 is 0 Å². The van der Waals surface area contributed by atoms with Crippen molar-refractivity contribution in [1.29, 1.82) is 0 Å². The molecule has 0 atom stereocenters. The molecule has 0 aliphatic heterocycles. The Morgan fingerprint density at radius 3 is 2.76 bits per heavy atom. The first kappa shape index (κ1) is 13.1. The fourth-order valence-corrected chi connectivity index (χ4v) is 2.16. The van der Waals surface area contributed by atoms with Gasteiger partial charge in [0, 0.05) is 5.39 Å². The van der Waals surface area contributed by atoms with Crippen LogP contribution in [-0.2, 0) is 0 Å². The van der Waals surface area contributed by atoms with E-state index in [-0.39, 0.29) is 5.91 Å². The van der Waals surface area contributed by atoms with Gasteiger partial charge in [0.2, 0.25) is 0 Å². The number of carbonyl (C=O) groups excluding carboxylic acids is 1. The van der Waals surface area contributed by atoms with Gasteiger partial charge in [-0.05, 0) is 36.8 Å². The van der Waals surface area contributed by atoms with Gasteiger partial charge in [0.1, 0.15) is 5.69 Å². The van der Waals surface area contributed by atoms with Gasteiger partial charge in [0.05, 0.1) is 16.9 Å². The minimum atomic E-state index is -0.266. The molecule has 3 N–H and O–H groups in total. The van der Waals surface area contributed by atoms with Crippen molar-refractivity contribution in [2.75, 3.05) is 11.1 Å². The summed E-state index contributed by atoms with van der Waals surface area (Å²) in [5.74, 6) is -0.266. The summed E-state index contributed by atoms with van der Waals surface area (Å²) in [4.78, 5) is 16.7. The number of pyridine rings is 1. The van der Waals surface area contributed by atoms with Crippen molar-refractivity contribution in [3.63, 3.8) is 0 Å². The second-order valence-electron chi connectivity index (χ2n) is 4.93. The Kier molecular flexibility index (Phi) is 3.28. The van der Waals surface area contributed by atoms with Crippen LogP contribution in [0.15, 0.2) is 54.6 Å². The maximum atomic E-state index is 12.3. The molecule has 104 valence electrons. The number of rotatable bonds is 2. The van der Waals surface area contributed by atoms with Crippen LogP contribution < -0.4 is 11.1 Å². The quantitative estimate of drug-likeness (QED) is 0.706. The van der Waals surface area contributed by atoms with Gasteiger partial charge < -0.3 is 11.1 Å². The van der Waals surface area contributed by atoms with E-state index in [1.807, 2.05) is 49.4 Å². The lowest BCUT2D eigenvalue weighted by Crippen LogP contribution is -2.14. The highest BCUT2D eigenvalue weighted by Crippen LogP contribution is 2.20. The third kappa shape index (κ3) is 2.69. The van der Waals surface area contributed by atoms with Crippen LogP contribution in [0, 0.1) is 6.92 Å². The van der Waals surface area contributed by atoms with E-state index in [1.54, 1.807) is 12.1 Å². The largest absolute Gasteiger partial charge is 0.397 e. The molecule has 0 aliphatic carbocycles. The Bertz CT molecular complexity index is 827. The topological polar surface area (TPSA) is 68.0 Å². The lowest BCUT2D eigenvalue weighted by atomic mass is 10.1. The second kappa shape index (κ2) is 5.25. The number of nitrogens with zero attached hydrogens (tertiary/aromatic N) is 1. The molecular weight excluding hydrogens is 262 g/mol. The predicted molar refractivity (Wildman–Crippen MR) is 85.3 cm³/mol. The van der Waals surface area contributed by atoms with Crippen molar-refractivity contribution in [1.82, 2.24) is 4.98 Å². The molecule has 0 unspecified atom stereocenters.